The number of rotatable bonds is 6. The third-order valence-electron chi connectivity index (χ3n) is 7.98. The molecule has 9 heteroatoms. The van der Waals surface area contributed by atoms with Crippen molar-refractivity contribution in [2.45, 2.75) is 39.2 Å². The molecular formula is C30H31ClN2O6. The highest BCUT2D eigenvalue weighted by Crippen LogP contribution is 2.51. The third kappa shape index (κ3) is 4.99. The van der Waals surface area contributed by atoms with Gasteiger partial charge in [0.15, 0.2) is 0 Å². The topological polar surface area (TPSA) is 106 Å². The molecule has 3 heterocycles. The number of phenols is 1. The number of hydrogen-bond acceptors (Lipinski definition) is 7. The number of carbonyl (C=O) groups excluding carboxylic acids is 3. The molecule has 2 aliphatic heterocycles. The van der Waals surface area contributed by atoms with Crippen LogP contribution in [0.4, 0.5) is 4.79 Å². The molecule has 0 bridgehead atoms. The summed E-state index contributed by atoms with van der Waals surface area (Å²) in [7, 11) is 1.17. The number of phenolic OH excluding ortho intramolecular Hbond substituents is 1. The highest BCUT2D eigenvalue weighted by atomic mass is 35.5. The molecule has 2 aromatic rings. The lowest BCUT2D eigenvalue weighted by Crippen LogP contribution is -2.38. The van der Waals surface area contributed by atoms with Crippen molar-refractivity contribution in [3.05, 3.63) is 70.0 Å². The van der Waals surface area contributed by atoms with Gasteiger partial charge < -0.3 is 14.6 Å². The van der Waals surface area contributed by atoms with Gasteiger partial charge >= 0.3 is 6.09 Å². The molecule has 1 aromatic heterocycles. The van der Waals surface area contributed by atoms with Crippen LogP contribution in [0.15, 0.2) is 53.7 Å². The summed E-state index contributed by atoms with van der Waals surface area (Å²) in [5.41, 5.74) is 4.74. The molecule has 3 aliphatic rings. The fourth-order valence-corrected chi connectivity index (χ4v) is 6.39. The number of aromatic hydroxyl groups is 1. The molecule has 0 radical (unpaired) electrons. The van der Waals surface area contributed by atoms with Crippen molar-refractivity contribution < 1.29 is 29.0 Å². The molecule has 2 saturated heterocycles. The molecular weight excluding hydrogens is 520 g/mol. The third-order valence-corrected chi connectivity index (χ3v) is 8.31. The quantitative estimate of drug-likeness (QED) is 0.374. The zero-order valence-electron chi connectivity index (χ0n) is 22.1. The van der Waals surface area contributed by atoms with Crippen molar-refractivity contribution in [1.29, 1.82) is 0 Å². The van der Waals surface area contributed by atoms with E-state index in [0.717, 1.165) is 28.0 Å². The van der Waals surface area contributed by atoms with Gasteiger partial charge in [-0.25, -0.2) is 4.79 Å². The number of nitrogens with zero attached hydrogens (tertiary/aromatic N) is 2. The van der Waals surface area contributed by atoms with E-state index in [1.54, 1.807) is 18.3 Å². The van der Waals surface area contributed by atoms with E-state index in [9.17, 15) is 19.5 Å². The normalized spacial score (nSPS) is 24.8. The number of hydrogen-bond donors (Lipinski definition) is 1. The number of carbonyl (C=O) groups is 3. The van der Waals surface area contributed by atoms with E-state index in [1.165, 1.54) is 13.2 Å². The largest absolute Gasteiger partial charge is 0.508 e. The van der Waals surface area contributed by atoms with E-state index in [1.807, 2.05) is 24.3 Å². The van der Waals surface area contributed by atoms with Crippen LogP contribution >= 0.6 is 11.6 Å². The molecule has 0 saturated carbocycles. The van der Waals surface area contributed by atoms with Crippen LogP contribution in [-0.4, -0.2) is 52.7 Å². The number of benzene rings is 1. The van der Waals surface area contributed by atoms with Crippen molar-refractivity contribution in [2.24, 2.45) is 23.7 Å². The van der Waals surface area contributed by atoms with Crippen LogP contribution in [0.25, 0.3) is 11.6 Å². The van der Waals surface area contributed by atoms with Gasteiger partial charge in [0, 0.05) is 12.1 Å². The maximum absolute atomic E-state index is 13.3. The van der Waals surface area contributed by atoms with Crippen LogP contribution in [0.5, 0.6) is 5.75 Å². The van der Waals surface area contributed by atoms with Gasteiger partial charge in [-0.15, -0.1) is 0 Å². The maximum atomic E-state index is 13.3. The van der Waals surface area contributed by atoms with Crippen molar-refractivity contribution in [1.82, 2.24) is 9.88 Å². The monoisotopic (exact) mass is 550 g/mol. The number of imide groups is 3. The van der Waals surface area contributed by atoms with Crippen molar-refractivity contribution in [3.63, 3.8) is 0 Å². The summed E-state index contributed by atoms with van der Waals surface area (Å²) < 4.78 is 11.0. The summed E-state index contributed by atoms with van der Waals surface area (Å²) in [5.74, 6) is -2.19. The molecule has 5 rings (SSSR count). The molecule has 1 aromatic carbocycles. The van der Waals surface area contributed by atoms with E-state index in [0.29, 0.717) is 35.8 Å². The van der Waals surface area contributed by atoms with Crippen LogP contribution in [0.1, 0.15) is 44.4 Å². The zero-order chi connectivity index (χ0) is 27.8. The van der Waals surface area contributed by atoms with Crippen LogP contribution in [0, 0.1) is 23.7 Å². The summed E-state index contributed by atoms with van der Waals surface area (Å²) >= 11 is 6.40. The first-order valence-electron chi connectivity index (χ1n) is 13.1. The van der Waals surface area contributed by atoms with Crippen molar-refractivity contribution in [3.8, 4) is 5.75 Å². The Morgan fingerprint density at radius 1 is 1.23 bits per heavy atom. The number of likely N-dealkylation sites (tertiary alicyclic amines) is 1. The van der Waals surface area contributed by atoms with E-state index in [2.05, 4.69) is 18.8 Å². The van der Waals surface area contributed by atoms with Gasteiger partial charge in [-0.2, -0.15) is 4.90 Å². The summed E-state index contributed by atoms with van der Waals surface area (Å²) in [4.78, 5) is 43.8. The minimum Gasteiger partial charge on any atom is -0.508 e. The smallest absolute Gasteiger partial charge is 0.423 e. The molecule has 0 unspecified atom stereocenters. The fourth-order valence-electron chi connectivity index (χ4n) is 6.16. The first-order chi connectivity index (χ1) is 18.7. The number of fused-ring (bicyclic) bond motifs is 3. The predicted octanol–water partition coefficient (Wildman–Crippen LogP) is 5.50. The second-order valence-corrected chi connectivity index (χ2v) is 10.9. The van der Waals surface area contributed by atoms with Gasteiger partial charge in [-0.05, 0) is 78.3 Å². The van der Waals surface area contributed by atoms with Gasteiger partial charge in [0.1, 0.15) is 5.75 Å². The predicted molar refractivity (Wildman–Crippen MR) is 145 cm³/mol. The van der Waals surface area contributed by atoms with Gasteiger partial charge in [0.2, 0.25) is 11.8 Å². The lowest BCUT2D eigenvalue weighted by atomic mass is 9.67. The van der Waals surface area contributed by atoms with E-state index >= 15 is 0 Å². The molecule has 204 valence electrons. The minimum absolute atomic E-state index is 0.0939. The van der Waals surface area contributed by atoms with Gasteiger partial charge in [0.25, 0.3) is 0 Å². The Balaban J connectivity index is 1.45. The molecule has 8 nitrogen and oxygen atoms in total. The number of ether oxygens (including phenoxy) is 2. The van der Waals surface area contributed by atoms with E-state index in [4.69, 9.17) is 21.1 Å². The van der Waals surface area contributed by atoms with Gasteiger partial charge in [0.05, 0.1) is 42.4 Å². The minimum atomic E-state index is -0.930. The molecule has 0 spiro atoms. The summed E-state index contributed by atoms with van der Waals surface area (Å²) in [6.45, 7) is 4.48. The lowest BCUT2D eigenvalue weighted by molar-refractivity contribution is -0.137. The van der Waals surface area contributed by atoms with Gasteiger partial charge in [-0.1, -0.05) is 37.1 Å². The number of allylic oxidation sites excluding steroid dienone is 2. The van der Waals surface area contributed by atoms with E-state index in [-0.39, 0.29) is 23.7 Å². The second-order valence-electron chi connectivity index (χ2n) is 10.5. The van der Waals surface area contributed by atoms with Crippen LogP contribution in [-0.2, 0) is 19.1 Å². The first-order valence-corrected chi connectivity index (χ1v) is 13.5. The SMILES string of the molecule is COC(=O)N1C(=O)[C@@H]2[C@@H](CC(C(C)C)=C3[C@@H](CC/C(=C/c4ccc(O)cc4Cl)c4ccccn4)OC[C@@H]32)C1=O. The number of methoxy groups -OCH3 is 1. The summed E-state index contributed by atoms with van der Waals surface area (Å²) in [6.07, 6.45) is 4.24. The number of pyridine rings is 1. The first kappa shape index (κ1) is 27.1. The number of amides is 3. The van der Waals surface area contributed by atoms with Gasteiger partial charge in [-0.3, -0.25) is 14.6 Å². The van der Waals surface area contributed by atoms with Crippen molar-refractivity contribution >= 4 is 41.2 Å². The Kier molecular flexibility index (Phi) is 7.60. The lowest BCUT2D eigenvalue weighted by Gasteiger charge is -2.33. The van der Waals surface area contributed by atoms with Crippen LogP contribution in [0.3, 0.4) is 0 Å². The Hall–Kier alpha value is -3.49. The Morgan fingerprint density at radius 2 is 2.03 bits per heavy atom. The second kappa shape index (κ2) is 10.9. The Bertz CT molecular complexity index is 1370. The molecule has 2 fully saturated rings. The molecule has 1 aliphatic carbocycles. The van der Waals surface area contributed by atoms with Crippen LogP contribution in [0.2, 0.25) is 5.02 Å². The number of aromatic nitrogens is 1. The zero-order valence-corrected chi connectivity index (χ0v) is 22.9. The molecule has 3 amide bonds. The standard InChI is InChI=1S/C30H31ClN2O6/c1-16(2)20-14-21-27(29(36)33(28(21)35)30(37)38-3)22-15-39-25(26(20)22)10-8-18(24-6-4-5-11-32-24)12-17-7-9-19(34)13-23(17)31/h4-7,9,11-13,16,21-22,25,27,34H,8,10,14-15H2,1-3H3/b18-12-/t21-,22+,25-,27-/m1/s1. The summed E-state index contributed by atoms with van der Waals surface area (Å²) in [5, 5.41) is 10.2. The Labute approximate surface area is 232 Å². The fraction of sp³-hybridized carbons (Fsp3) is 0.400. The van der Waals surface area contributed by atoms with Crippen molar-refractivity contribution in [2.75, 3.05) is 13.7 Å². The molecule has 4 atom stereocenters. The average Bonchev–Trinajstić information content (AvgIpc) is 3.45. The Morgan fingerprint density at radius 3 is 2.69 bits per heavy atom. The molecule has 1 N–H and O–H groups in total. The molecule has 39 heavy (non-hydrogen) atoms. The number of halogens is 1. The summed E-state index contributed by atoms with van der Waals surface area (Å²) in [6, 6.07) is 10.6. The van der Waals surface area contributed by atoms with E-state index < -0.39 is 29.7 Å². The highest BCUT2D eigenvalue weighted by Gasteiger charge is 2.59. The van der Waals surface area contributed by atoms with Crippen LogP contribution < -0.4 is 0 Å². The average molecular weight is 551 g/mol. The highest BCUT2D eigenvalue weighted by molar-refractivity contribution is 6.32. The maximum Gasteiger partial charge on any atom is 0.423 e.